The molecule has 0 bridgehead atoms. The molecule has 4 nitrogen and oxygen atoms in total. The predicted molar refractivity (Wildman–Crippen MR) is 53.7 cm³/mol. The average molecular weight is 196 g/mol. The summed E-state index contributed by atoms with van der Waals surface area (Å²) >= 11 is 0. The number of esters is 1. The Morgan fingerprint density at radius 2 is 2.50 bits per heavy atom. The van der Waals surface area contributed by atoms with Gasteiger partial charge in [0.25, 0.3) is 0 Å². The molecule has 0 spiro atoms. The summed E-state index contributed by atoms with van der Waals surface area (Å²) in [5.41, 5.74) is 1.19. The summed E-state index contributed by atoms with van der Waals surface area (Å²) in [5, 5.41) is 3.16. The van der Waals surface area contributed by atoms with Crippen LogP contribution in [0.3, 0.4) is 0 Å². The minimum absolute atomic E-state index is 0.144. The molecule has 0 fully saturated rings. The van der Waals surface area contributed by atoms with Crippen molar-refractivity contribution < 1.29 is 9.53 Å². The van der Waals surface area contributed by atoms with E-state index in [1.54, 1.807) is 0 Å². The molecule has 0 aliphatic rings. The van der Waals surface area contributed by atoms with Crippen molar-refractivity contribution in [1.82, 2.24) is 10.3 Å². The van der Waals surface area contributed by atoms with Crippen molar-refractivity contribution in [3.05, 3.63) is 24.0 Å². The fourth-order valence-corrected chi connectivity index (χ4v) is 1.12. The van der Waals surface area contributed by atoms with Crippen LogP contribution in [0.25, 0.3) is 0 Å². The summed E-state index contributed by atoms with van der Waals surface area (Å²) < 4.78 is 4.79. The van der Waals surface area contributed by atoms with Crippen molar-refractivity contribution in [2.24, 2.45) is 0 Å². The largest absolute Gasteiger partial charge is 0.466 e. The van der Waals surface area contributed by atoms with Crippen molar-refractivity contribution >= 4 is 5.97 Å². The number of hydrogen-bond acceptors (Lipinski definition) is 3. The van der Waals surface area contributed by atoms with Gasteiger partial charge in [-0.25, -0.2) is 0 Å². The van der Waals surface area contributed by atoms with Gasteiger partial charge >= 0.3 is 5.97 Å². The first-order valence-corrected chi connectivity index (χ1v) is 4.81. The van der Waals surface area contributed by atoms with Crippen molar-refractivity contribution in [2.75, 3.05) is 13.2 Å². The zero-order valence-electron chi connectivity index (χ0n) is 8.38. The maximum Gasteiger partial charge on any atom is 0.307 e. The molecule has 1 aromatic rings. The molecular weight excluding hydrogens is 180 g/mol. The van der Waals surface area contributed by atoms with E-state index in [1.807, 2.05) is 25.4 Å². The normalized spacial score (nSPS) is 10.1. The summed E-state index contributed by atoms with van der Waals surface area (Å²) in [4.78, 5) is 13.9. The van der Waals surface area contributed by atoms with Gasteiger partial charge in [-0.3, -0.25) is 4.79 Å². The lowest BCUT2D eigenvalue weighted by molar-refractivity contribution is -0.142. The maximum atomic E-state index is 10.9. The van der Waals surface area contributed by atoms with Gasteiger partial charge in [-0.05, 0) is 18.6 Å². The lowest BCUT2D eigenvalue weighted by atomic mass is 10.3. The number of ether oxygens (including phenoxy) is 1. The first kappa shape index (κ1) is 10.8. The van der Waals surface area contributed by atoms with Crippen molar-refractivity contribution in [1.29, 1.82) is 0 Å². The number of rotatable bonds is 6. The van der Waals surface area contributed by atoms with Crippen molar-refractivity contribution in [3.8, 4) is 0 Å². The van der Waals surface area contributed by atoms with Crippen LogP contribution in [0.15, 0.2) is 18.5 Å². The number of carbonyl (C=O) groups excluding carboxylic acids is 1. The second kappa shape index (κ2) is 6.21. The standard InChI is InChI=1S/C10H16N2O2/c1-2-14-10(13)4-6-12-8-9-3-5-11-7-9/h3,5,7,11-12H,2,4,6,8H2,1H3. The van der Waals surface area contributed by atoms with Crippen molar-refractivity contribution in [2.45, 2.75) is 19.9 Å². The highest BCUT2D eigenvalue weighted by Crippen LogP contribution is 1.94. The molecule has 1 aromatic heterocycles. The Balaban J connectivity index is 2.02. The smallest absolute Gasteiger partial charge is 0.307 e. The minimum atomic E-state index is -0.144. The third-order valence-electron chi connectivity index (χ3n) is 1.80. The minimum Gasteiger partial charge on any atom is -0.466 e. The van der Waals surface area contributed by atoms with Crippen LogP contribution < -0.4 is 5.32 Å². The predicted octanol–water partition coefficient (Wildman–Crippen LogP) is 1.06. The Hall–Kier alpha value is -1.29. The van der Waals surface area contributed by atoms with E-state index in [9.17, 15) is 4.79 Å². The Morgan fingerprint density at radius 1 is 1.64 bits per heavy atom. The van der Waals surface area contributed by atoms with Gasteiger partial charge in [0, 0.05) is 25.5 Å². The first-order valence-electron chi connectivity index (χ1n) is 4.81. The Bertz CT molecular complexity index is 257. The van der Waals surface area contributed by atoms with Crippen LogP contribution >= 0.6 is 0 Å². The van der Waals surface area contributed by atoms with E-state index >= 15 is 0 Å². The molecule has 0 aliphatic heterocycles. The van der Waals surface area contributed by atoms with Gasteiger partial charge in [0.05, 0.1) is 13.0 Å². The van der Waals surface area contributed by atoms with E-state index in [4.69, 9.17) is 4.74 Å². The van der Waals surface area contributed by atoms with Crippen LogP contribution in [0.4, 0.5) is 0 Å². The van der Waals surface area contributed by atoms with Gasteiger partial charge in [-0.1, -0.05) is 0 Å². The van der Waals surface area contributed by atoms with Gasteiger partial charge in [0.2, 0.25) is 0 Å². The zero-order valence-corrected chi connectivity index (χ0v) is 8.38. The summed E-state index contributed by atoms with van der Waals surface area (Å²) in [7, 11) is 0. The lowest BCUT2D eigenvalue weighted by Crippen LogP contribution is -2.18. The van der Waals surface area contributed by atoms with E-state index in [0.29, 0.717) is 19.6 Å². The highest BCUT2D eigenvalue weighted by Gasteiger charge is 2.00. The summed E-state index contributed by atoms with van der Waals surface area (Å²) in [5.74, 6) is -0.144. The number of H-pyrrole nitrogens is 1. The third-order valence-corrected chi connectivity index (χ3v) is 1.80. The number of carbonyl (C=O) groups is 1. The molecule has 14 heavy (non-hydrogen) atoms. The lowest BCUT2D eigenvalue weighted by Gasteiger charge is -2.02. The average Bonchev–Trinajstić information content (AvgIpc) is 2.65. The first-order chi connectivity index (χ1) is 6.83. The van der Waals surface area contributed by atoms with E-state index in [1.165, 1.54) is 5.56 Å². The topological polar surface area (TPSA) is 54.1 Å². The quantitative estimate of drug-likeness (QED) is 0.528. The molecule has 0 atom stereocenters. The number of aromatic nitrogens is 1. The van der Waals surface area contributed by atoms with Crippen LogP contribution in [-0.2, 0) is 16.1 Å². The molecule has 0 saturated heterocycles. The molecule has 0 amide bonds. The Morgan fingerprint density at radius 3 is 3.14 bits per heavy atom. The molecular formula is C10H16N2O2. The van der Waals surface area contributed by atoms with E-state index in [0.717, 1.165) is 6.54 Å². The fourth-order valence-electron chi connectivity index (χ4n) is 1.12. The van der Waals surface area contributed by atoms with Crippen LogP contribution in [0.1, 0.15) is 18.9 Å². The molecule has 0 saturated carbocycles. The summed E-state index contributed by atoms with van der Waals surface area (Å²) in [6.45, 7) is 3.70. The van der Waals surface area contributed by atoms with Crippen LogP contribution in [-0.4, -0.2) is 24.1 Å². The molecule has 0 aromatic carbocycles. The van der Waals surface area contributed by atoms with Gasteiger partial charge in [-0.15, -0.1) is 0 Å². The van der Waals surface area contributed by atoms with Crippen LogP contribution in [0.5, 0.6) is 0 Å². The van der Waals surface area contributed by atoms with E-state index in [2.05, 4.69) is 10.3 Å². The Labute approximate surface area is 83.7 Å². The Kier molecular flexibility index (Phi) is 4.78. The molecule has 1 heterocycles. The highest BCUT2D eigenvalue weighted by atomic mass is 16.5. The second-order valence-corrected chi connectivity index (χ2v) is 2.95. The van der Waals surface area contributed by atoms with E-state index < -0.39 is 0 Å². The fraction of sp³-hybridized carbons (Fsp3) is 0.500. The monoisotopic (exact) mass is 196 g/mol. The maximum absolute atomic E-state index is 10.9. The molecule has 0 aliphatic carbocycles. The number of aromatic amines is 1. The molecule has 0 unspecified atom stereocenters. The second-order valence-electron chi connectivity index (χ2n) is 2.95. The molecule has 1 rings (SSSR count). The number of nitrogens with one attached hydrogen (secondary N) is 2. The molecule has 0 radical (unpaired) electrons. The van der Waals surface area contributed by atoms with Gasteiger partial charge in [-0.2, -0.15) is 0 Å². The SMILES string of the molecule is CCOC(=O)CCNCc1cc[nH]c1. The zero-order chi connectivity index (χ0) is 10.2. The molecule has 2 N–H and O–H groups in total. The van der Waals surface area contributed by atoms with Gasteiger partial charge in [0.15, 0.2) is 0 Å². The van der Waals surface area contributed by atoms with Gasteiger partial charge < -0.3 is 15.0 Å². The van der Waals surface area contributed by atoms with Gasteiger partial charge in [0.1, 0.15) is 0 Å². The highest BCUT2D eigenvalue weighted by molar-refractivity contribution is 5.69. The van der Waals surface area contributed by atoms with E-state index in [-0.39, 0.29) is 5.97 Å². The number of hydrogen-bond donors (Lipinski definition) is 2. The summed E-state index contributed by atoms with van der Waals surface area (Å²) in [6, 6.07) is 2.00. The van der Waals surface area contributed by atoms with Crippen LogP contribution in [0.2, 0.25) is 0 Å². The molecule has 4 heteroatoms. The molecule has 78 valence electrons. The third kappa shape index (κ3) is 4.09. The van der Waals surface area contributed by atoms with Crippen LogP contribution in [0, 0.1) is 0 Å². The van der Waals surface area contributed by atoms with Crippen molar-refractivity contribution in [3.63, 3.8) is 0 Å². The summed E-state index contributed by atoms with van der Waals surface area (Å²) in [6.07, 6.45) is 4.23.